The first kappa shape index (κ1) is 14.8. The molecule has 2 aliphatic rings. The highest BCUT2D eigenvalue weighted by Gasteiger charge is 2.45. The van der Waals surface area contributed by atoms with E-state index in [1.165, 1.54) is 0 Å². The fourth-order valence-electron chi connectivity index (χ4n) is 3.31. The number of halogens is 3. The van der Waals surface area contributed by atoms with Gasteiger partial charge in [0.25, 0.3) is 0 Å². The van der Waals surface area contributed by atoms with Crippen molar-refractivity contribution in [3.8, 4) is 0 Å². The highest BCUT2D eigenvalue weighted by molar-refractivity contribution is 7.89. The molecule has 1 saturated carbocycles. The molecule has 8 heteroatoms. The molecule has 1 aliphatic carbocycles. The summed E-state index contributed by atoms with van der Waals surface area (Å²) in [5, 5.41) is 0. The number of sulfonamides is 1. The smallest absolute Gasteiger partial charge is 0.246 e. The summed E-state index contributed by atoms with van der Waals surface area (Å²) in [6.45, 7) is 0.450. The van der Waals surface area contributed by atoms with Crippen LogP contribution in [0.5, 0.6) is 0 Å². The van der Waals surface area contributed by atoms with E-state index in [2.05, 4.69) is 0 Å². The molecule has 0 radical (unpaired) electrons. The van der Waals surface area contributed by atoms with Crippen LogP contribution in [0.25, 0.3) is 0 Å². The van der Waals surface area contributed by atoms with Crippen LogP contribution < -0.4 is 5.73 Å². The van der Waals surface area contributed by atoms with Crippen LogP contribution in [0.3, 0.4) is 0 Å². The molecule has 2 N–H and O–H groups in total. The van der Waals surface area contributed by atoms with Gasteiger partial charge in [-0.3, -0.25) is 0 Å². The van der Waals surface area contributed by atoms with Crippen molar-refractivity contribution >= 4 is 10.0 Å². The second kappa shape index (κ2) is 4.96. The molecule has 1 saturated heterocycles. The third-order valence-electron chi connectivity index (χ3n) is 4.50. The Morgan fingerprint density at radius 3 is 2.48 bits per heavy atom. The van der Waals surface area contributed by atoms with Crippen molar-refractivity contribution < 1.29 is 21.6 Å². The molecule has 1 aliphatic heterocycles. The van der Waals surface area contributed by atoms with E-state index in [1.54, 1.807) is 0 Å². The Balaban J connectivity index is 1.94. The zero-order valence-corrected chi connectivity index (χ0v) is 11.9. The van der Waals surface area contributed by atoms with Crippen molar-refractivity contribution in [3.63, 3.8) is 0 Å². The summed E-state index contributed by atoms with van der Waals surface area (Å²) < 4.78 is 65.9. The summed E-state index contributed by atoms with van der Waals surface area (Å²) in [7, 11) is -4.18. The first-order valence-corrected chi connectivity index (χ1v) is 8.15. The van der Waals surface area contributed by atoms with Gasteiger partial charge < -0.3 is 5.73 Å². The van der Waals surface area contributed by atoms with Gasteiger partial charge in [0.2, 0.25) is 10.0 Å². The van der Waals surface area contributed by atoms with Crippen LogP contribution in [0.2, 0.25) is 0 Å². The van der Waals surface area contributed by atoms with Gasteiger partial charge in [-0.15, -0.1) is 0 Å². The first-order chi connectivity index (χ1) is 9.82. The molecule has 0 bridgehead atoms. The fraction of sp³-hybridized carbons (Fsp3) is 0.538. The molecule has 3 rings (SSSR count). The Morgan fingerprint density at radius 2 is 1.81 bits per heavy atom. The predicted octanol–water partition coefficient (Wildman–Crippen LogP) is 1.46. The molecule has 2 fully saturated rings. The zero-order valence-electron chi connectivity index (χ0n) is 11.1. The standard InChI is InChI=1S/C13H15F3N2O2S/c14-9-2-4-11(13(16)12(9)15)21(19,20)18-5-7-1-3-10(17)8(7)6-18/h2,4,7-8,10H,1,3,5-6,17H2. The molecule has 4 nitrogen and oxygen atoms in total. The molecular formula is C13H15F3N2O2S. The molecule has 3 atom stereocenters. The minimum absolute atomic E-state index is 0.0492. The minimum atomic E-state index is -4.18. The first-order valence-electron chi connectivity index (χ1n) is 6.71. The minimum Gasteiger partial charge on any atom is -0.327 e. The molecule has 0 spiro atoms. The van der Waals surface area contributed by atoms with Gasteiger partial charge >= 0.3 is 0 Å². The van der Waals surface area contributed by atoms with Gasteiger partial charge in [-0.1, -0.05) is 0 Å². The maximum atomic E-state index is 13.7. The van der Waals surface area contributed by atoms with Crippen molar-refractivity contribution in [3.05, 3.63) is 29.6 Å². The van der Waals surface area contributed by atoms with Gasteiger partial charge in [-0.25, -0.2) is 21.6 Å². The van der Waals surface area contributed by atoms with Crippen molar-refractivity contribution in [1.29, 1.82) is 0 Å². The molecule has 0 aromatic heterocycles. The summed E-state index contributed by atoms with van der Waals surface area (Å²) in [6, 6.07) is 1.32. The molecular weight excluding hydrogens is 305 g/mol. The Kier molecular flexibility index (Phi) is 3.50. The summed E-state index contributed by atoms with van der Waals surface area (Å²) in [6.07, 6.45) is 1.68. The van der Waals surface area contributed by atoms with Gasteiger partial charge in [0.05, 0.1) is 0 Å². The lowest BCUT2D eigenvalue weighted by Gasteiger charge is -2.19. The van der Waals surface area contributed by atoms with Crippen molar-refractivity contribution in [2.45, 2.75) is 23.8 Å². The summed E-state index contributed by atoms with van der Waals surface area (Å²) in [5.41, 5.74) is 5.93. The number of benzene rings is 1. The SMILES string of the molecule is NC1CCC2CN(S(=O)(=O)c3ccc(F)c(F)c3F)CC12. The second-order valence-corrected chi connectivity index (χ2v) is 7.57. The third kappa shape index (κ3) is 2.25. The summed E-state index contributed by atoms with van der Waals surface area (Å²) >= 11 is 0. The van der Waals surface area contributed by atoms with E-state index in [-0.39, 0.29) is 31.0 Å². The lowest BCUT2D eigenvalue weighted by molar-refractivity contribution is 0.411. The number of fused-ring (bicyclic) bond motifs is 1. The zero-order chi connectivity index (χ0) is 15.4. The average molecular weight is 320 g/mol. The number of hydrogen-bond acceptors (Lipinski definition) is 3. The number of rotatable bonds is 2. The Hall–Kier alpha value is -1.12. The van der Waals surface area contributed by atoms with Gasteiger partial charge in [-0.2, -0.15) is 4.31 Å². The molecule has 0 amide bonds. The number of nitrogens with two attached hydrogens (primary N) is 1. The van der Waals surface area contributed by atoms with Crippen LogP contribution >= 0.6 is 0 Å². The van der Waals surface area contributed by atoms with Gasteiger partial charge in [0.15, 0.2) is 17.5 Å². The maximum Gasteiger partial charge on any atom is 0.246 e. The van der Waals surface area contributed by atoms with Crippen LogP contribution in [0, 0.1) is 29.3 Å². The van der Waals surface area contributed by atoms with Gasteiger partial charge in [0, 0.05) is 19.1 Å². The van der Waals surface area contributed by atoms with Crippen molar-refractivity contribution in [1.82, 2.24) is 4.31 Å². The highest BCUT2D eigenvalue weighted by atomic mass is 32.2. The van der Waals surface area contributed by atoms with Crippen LogP contribution in [0.4, 0.5) is 13.2 Å². The quantitative estimate of drug-likeness (QED) is 0.839. The molecule has 1 aromatic rings. The van der Waals surface area contributed by atoms with Crippen LogP contribution in [-0.4, -0.2) is 31.9 Å². The molecule has 21 heavy (non-hydrogen) atoms. The van der Waals surface area contributed by atoms with Gasteiger partial charge in [-0.05, 0) is 36.8 Å². The summed E-state index contributed by atoms with van der Waals surface area (Å²) in [5.74, 6) is -4.65. The second-order valence-electron chi connectivity index (χ2n) is 5.66. The predicted molar refractivity (Wildman–Crippen MR) is 69.3 cm³/mol. The van der Waals surface area contributed by atoms with E-state index in [4.69, 9.17) is 5.73 Å². The van der Waals surface area contributed by atoms with E-state index in [9.17, 15) is 21.6 Å². The third-order valence-corrected chi connectivity index (χ3v) is 6.35. The monoisotopic (exact) mass is 320 g/mol. The van der Waals surface area contributed by atoms with E-state index in [0.717, 1.165) is 23.2 Å². The van der Waals surface area contributed by atoms with Crippen molar-refractivity contribution in [2.75, 3.05) is 13.1 Å². The topological polar surface area (TPSA) is 63.4 Å². The van der Waals surface area contributed by atoms with E-state index >= 15 is 0 Å². The molecule has 1 heterocycles. The number of hydrogen-bond donors (Lipinski definition) is 1. The normalized spacial score (nSPS) is 29.8. The Bertz CT molecular complexity index is 680. The lowest BCUT2D eigenvalue weighted by Crippen LogP contribution is -2.34. The Morgan fingerprint density at radius 1 is 1.10 bits per heavy atom. The van der Waals surface area contributed by atoms with Gasteiger partial charge in [0.1, 0.15) is 4.90 Å². The molecule has 1 aromatic carbocycles. The fourth-order valence-corrected chi connectivity index (χ4v) is 4.90. The lowest BCUT2D eigenvalue weighted by atomic mass is 9.98. The largest absolute Gasteiger partial charge is 0.327 e. The molecule has 116 valence electrons. The molecule has 3 unspecified atom stereocenters. The van der Waals surface area contributed by atoms with E-state index < -0.39 is 32.4 Å². The van der Waals surface area contributed by atoms with Crippen LogP contribution in [0.1, 0.15) is 12.8 Å². The van der Waals surface area contributed by atoms with Crippen LogP contribution in [-0.2, 0) is 10.0 Å². The van der Waals surface area contributed by atoms with Crippen LogP contribution in [0.15, 0.2) is 17.0 Å². The average Bonchev–Trinajstić information content (AvgIpc) is 2.99. The van der Waals surface area contributed by atoms with E-state index in [1.807, 2.05) is 0 Å². The number of nitrogens with zero attached hydrogens (tertiary/aromatic N) is 1. The maximum absolute atomic E-state index is 13.7. The highest BCUT2D eigenvalue weighted by Crippen LogP contribution is 2.39. The van der Waals surface area contributed by atoms with Crippen molar-refractivity contribution in [2.24, 2.45) is 17.6 Å². The van der Waals surface area contributed by atoms with E-state index in [0.29, 0.717) is 6.07 Å². The summed E-state index contributed by atoms with van der Waals surface area (Å²) in [4.78, 5) is -0.824. The Labute approximate surface area is 120 Å².